The maximum absolute atomic E-state index is 11.7. The number of nitrogens with one attached hydrogen (secondary N) is 1. The molecule has 2 aromatic carbocycles. The molecular weight excluding hydrogens is 426 g/mol. The Balaban J connectivity index is 2.32. The lowest BCUT2D eigenvalue weighted by atomic mass is 9.89. The minimum absolute atomic E-state index is 0.0363. The van der Waals surface area contributed by atoms with E-state index < -0.39 is 0 Å². The lowest BCUT2D eigenvalue weighted by molar-refractivity contribution is -0.125. The van der Waals surface area contributed by atoms with E-state index in [1.165, 1.54) is 0 Å². The molecule has 0 heterocycles. The first kappa shape index (κ1) is 26.6. The molecular formula is C25H35NO7. The zero-order valence-corrected chi connectivity index (χ0v) is 19.7. The van der Waals surface area contributed by atoms with E-state index in [9.17, 15) is 4.79 Å². The third-order valence-electron chi connectivity index (χ3n) is 4.94. The maximum atomic E-state index is 11.7. The van der Waals surface area contributed by atoms with E-state index in [1.807, 2.05) is 24.3 Å². The molecule has 2 N–H and O–H groups in total. The van der Waals surface area contributed by atoms with Crippen LogP contribution in [0.2, 0.25) is 0 Å². The van der Waals surface area contributed by atoms with Gasteiger partial charge in [0, 0.05) is 39.0 Å². The summed E-state index contributed by atoms with van der Waals surface area (Å²) in [7, 11) is 3.17. The molecule has 0 aromatic heterocycles. The minimum Gasteiger partial charge on any atom is -0.467 e. The van der Waals surface area contributed by atoms with E-state index in [-0.39, 0.29) is 39.3 Å². The van der Waals surface area contributed by atoms with Gasteiger partial charge in [-0.3, -0.25) is 4.79 Å². The molecule has 1 amide bonds. The van der Waals surface area contributed by atoms with Gasteiger partial charge in [0.1, 0.15) is 18.1 Å². The number of aliphatic hydroxyl groups excluding tert-OH is 1. The standard InChI is InChI=1S/C25H35NO7/c1-4-20-21(11-8-14-31-16-24(28)26-12-13-27)25(19-9-6-5-7-10-19)23(33-18-30-3)15-22(20)32-17-29-2/h5-7,9-10,15,27H,4,8,11-14,16-18H2,1-3H3,(H,26,28). The Bertz CT molecular complexity index is 842. The molecule has 8 heteroatoms. The van der Waals surface area contributed by atoms with E-state index in [0.717, 1.165) is 28.7 Å². The topological polar surface area (TPSA) is 95.5 Å². The normalized spacial score (nSPS) is 10.8. The number of ether oxygens (including phenoxy) is 5. The summed E-state index contributed by atoms with van der Waals surface area (Å²) in [4.78, 5) is 11.7. The number of amides is 1. The number of rotatable bonds is 16. The van der Waals surface area contributed by atoms with Gasteiger partial charge in [-0.15, -0.1) is 0 Å². The molecule has 0 saturated heterocycles. The van der Waals surface area contributed by atoms with Crippen molar-refractivity contribution in [3.05, 3.63) is 47.5 Å². The van der Waals surface area contributed by atoms with Crippen LogP contribution in [0, 0.1) is 0 Å². The number of hydrogen-bond donors (Lipinski definition) is 2. The predicted octanol–water partition coefficient (Wildman–Crippen LogP) is 2.94. The molecule has 182 valence electrons. The number of aliphatic hydroxyl groups is 1. The van der Waals surface area contributed by atoms with Crippen molar-refractivity contribution in [1.82, 2.24) is 5.32 Å². The first-order valence-corrected chi connectivity index (χ1v) is 11.1. The molecule has 0 spiro atoms. The molecule has 0 unspecified atom stereocenters. The monoisotopic (exact) mass is 461 g/mol. The quantitative estimate of drug-likeness (QED) is 0.293. The predicted molar refractivity (Wildman–Crippen MR) is 125 cm³/mol. The number of hydrogen-bond acceptors (Lipinski definition) is 7. The molecule has 0 fully saturated rings. The second-order valence-corrected chi connectivity index (χ2v) is 7.26. The van der Waals surface area contributed by atoms with Crippen LogP contribution in [0.3, 0.4) is 0 Å². The van der Waals surface area contributed by atoms with E-state index in [0.29, 0.717) is 30.9 Å². The number of carbonyl (C=O) groups is 1. The molecule has 0 aliphatic rings. The van der Waals surface area contributed by atoms with E-state index in [2.05, 4.69) is 24.4 Å². The van der Waals surface area contributed by atoms with Gasteiger partial charge in [0.15, 0.2) is 13.6 Å². The Morgan fingerprint density at radius 2 is 1.70 bits per heavy atom. The van der Waals surface area contributed by atoms with Crippen molar-refractivity contribution in [3.63, 3.8) is 0 Å². The van der Waals surface area contributed by atoms with Crippen LogP contribution in [0.4, 0.5) is 0 Å². The lowest BCUT2D eigenvalue weighted by Crippen LogP contribution is -2.30. The fourth-order valence-corrected chi connectivity index (χ4v) is 3.56. The van der Waals surface area contributed by atoms with Crippen LogP contribution in [-0.4, -0.2) is 65.2 Å². The largest absolute Gasteiger partial charge is 0.467 e. The molecule has 0 aliphatic carbocycles. The third-order valence-corrected chi connectivity index (χ3v) is 4.94. The first-order valence-electron chi connectivity index (χ1n) is 11.1. The molecule has 0 aliphatic heterocycles. The minimum atomic E-state index is -0.242. The van der Waals surface area contributed by atoms with Gasteiger partial charge in [0.2, 0.25) is 5.91 Å². The van der Waals surface area contributed by atoms with Crippen LogP contribution in [0.5, 0.6) is 11.5 Å². The summed E-state index contributed by atoms with van der Waals surface area (Å²) < 4.78 is 27.6. The van der Waals surface area contributed by atoms with Gasteiger partial charge in [-0.25, -0.2) is 0 Å². The molecule has 8 nitrogen and oxygen atoms in total. The van der Waals surface area contributed by atoms with Crippen molar-refractivity contribution in [2.75, 3.05) is 54.2 Å². The average Bonchev–Trinajstić information content (AvgIpc) is 2.84. The summed E-state index contributed by atoms with van der Waals surface area (Å²) in [6.45, 7) is 2.84. The Labute approximate surface area is 195 Å². The zero-order chi connectivity index (χ0) is 23.9. The maximum Gasteiger partial charge on any atom is 0.246 e. The highest BCUT2D eigenvalue weighted by Gasteiger charge is 2.20. The fraction of sp³-hybridized carbons (Fsp3) is 0.480. The number of carbonyl (C=O) groups excluding carboxylic acids is 1. The summed E-state index contributed by atoms with van der Waals surface area (Å²) in [5, 5.41) is 11.4. The van der Waals surface area contributed by atoms with Gasteiger partial charge < -0.3 is 34.1 Å². The average molecular weight is 462 g/mol. The van der Waals surface area contributed by atoms with E-state index in [1.54, 1.807) is 14.2 Å². The van der Waals surface area contributed by atoms with Gasteiger partial charge in [0.05, 0.1) is 6.61 Å². The molecule has 0 atom stereocenters. The van der Waals surface area contributed by atoms with Crippen LogP contribution < -0.4 is 14.8 Å². The SMILES string of the molecule is CCc1c(OCOC)cc(OCOC)c(-c2ccccc2)c1CCCOCC(=O)NCCO. The van der Waals surface area contributed by atoms with Gasteiger partial charge in [-0.05, 0) is 36.0 Å². The number of benzene rings is 2. The van der Waals surface area contributed by atoms with Crippen LogP contribution in [0.25, 0.3) is 11.1 Å². The van der Waals surface area contributed by atoms with Crippen molar-refractivity contribution in [3.8, 4) is 22.6 Å². The highest BCUT2D eigenvalue weighted by atomic mass is 16.7. The zero-order valence-electron chi connectivity index (χ0n) is 19.7. The van der Waals surface area contributed by atoms with Gasteiger partial charge in [-0.1, -0.05) is 37.3 Å². The highest BCUT2D eigenvalue weighted by Crippen LogP contribution is 2.41. The summed E-state index contributed by atoms with van der Waals surface area (Å²) >= 11 is 0. The van der Waals surface area contributed by atoms with Crippen LogP contribution in [-0.2, 0) is 31.8 Å². The summed E-state index contributed by atoms with van der Waals surface area (Å²) in [6.07, 6.45) is 2.18. The van der Waals surface area contributed by atoms with Gasteiger partial charge >= 0.3 is 0 Å². The van der Waals surface area contributed by atoms with Crippen molar-refractivity contribution in [2.24, 2.45) is 0 Å². The Morgan fingerprint density at radius 1 is 1.00 bits per heavy atom. The fourth-order valence-electron chi connectivity index (χ4n) is 3.56. The molecule has 33 heavy (non-hydrogen) atoms. The Morgan fingerprint density at radius 3 is 2.33 bits per heavy atom. The molecule has 0 radical (unpaired) electrons. The second kappa shape index (κ2) is 15.2. The third kappa shape index (κ3) is 8.33. The van der Waals surface area contributed by atoms with Gasteiger partial charge in [0.25, 0.3) is 0 Å². The van der Waals surface area contributed by atoms with Crippen molar-refractivity contribution < 1.29 is 33.6 Å². The lowest BCUT2D eigenvalue weighted by Gasteiger charge is -2.22. The molecule has 2 aromatic rings. The summed E-state index contributed by atoms with van der Waals surface area (Å²) in [5.41, 5.74) is 4.22. The van der Waals surface area contributed by atoms with Crippen molar-refractivity contribution in [1.29, 1.82) is 0 Å². The molecule has 2 rings (SSSR count). The molecule has 0 saturated carbocycles. The Hall–Kier alpha value is -2.65. The van der Waals surface area contributed by atoms with Crippen molar-refractivity contribution >= 4 is 5.91 Å². The first-order chi connectivity index (χ1) is 16.2. The Kier molecular flexibility index (Phi) is 12.3. The van der Waals surface area contributed by atoms with Gasteiger partial charge in [-0.2, -0.15) is 0 Å². The van der Waals surface area contributed by atoms with Crippen LogP contribution in [0.1, 0.15) is 24.5 Å². The molecule has 0 bridgehead atoms. The van der Waals surface area contributed by atoms with Crippen LogP contribution >= 0.6 is 0 Å². The smallest absolute Gasteiger partial charge is 0.246 e. The van der Waals surface area contributed by atoms with E-state index >= 15 is 0 Å². The second-order valence-electron chi connectivity index (χ2n) is 7.26. The van der Waals surface area contributed by atoms with Crippen LogP contribution in [0.15, 0.2) is 36.4 Å². The highest BCUT2D eigenvalue weighted by molar-refractivity contribution is 5.78. The summed E-state index contributed by atoms with van der Waals surface area (Å²) in [6, 6.07) is 12.0. The summed E-state index contributed by atoms with van der Waals surface area (Å²) in [5.74, 6) is 1.14. The van der Waals surface area contributed by atoms with E-state index in [4.69, 9.17) is 28.8 Å². The van der Waals surface area contributed by atoms with Crippen molar-refractivity contribution in [2.45, 2.75) is 26.2 Å². The number of methoxy groups -OCH3 is 2.